The lowest BCUT2D eigenvalue weighted by atomic mass is 10.2. The Bertz CT molecular complexity index is 698. The lowest BCUT2D eigenvalue weighted by Crippen LogP contribution is -2.47. The molecule has 1 aromatic rings. The molecule has 2 saturated heterocycles. The summed E-state index contributed by atoms with van der Waals surface area (Å²) in [6, 6.07) is 6.37. The zero-order chi connectivity index (χ0) is 17.9. The normalized spacial score (nSPS) is 23.5. The highest BCUT2D eigenvalue weighted by Gasteiger charge is 2.34. The topological polar surface area (TPSA) is 57.7 Å². The second-order valence-electron chi connectivity index (χ2n) is 6.79. The standard InChI is InChI=1S/C18H26N2O3S2/c1-15(21)16-5-7-18(8-6-16)25(22,23)20-11-4-12-24-14-17(20)13-19-9-2-3-10-19/h5-8,17H,2-4,9-14H2,1H3. The van der Waals surface area contributed by atoms with Crippen molar-refractivity contribution in [3.05, 3.63) is 29.8 Å². The molecule has 0 saturated carbocycles. The van der Waals surface area contributed by atoms with Gasteiger partial charge in [0.15, 0.2) is 5.78 Å². The molecule has 0 aromatic heterocycles. The molecular formula is C18H26N2O3S2. The minimum Gasteiger partial charge on any atom is -0.302 e. The quantitative estimate of drug-likeness (QED) is 0.732. The van der Waals surface area contributed by atoms with Crippen molar-refractivity contribution in [2.24, 2.45) is 0 Å². The molecule has 2 aliphatic heterocycles. The monoisotopic (exact) mass is 382 g/mol. The molecule has 0 aliphatic carbocycles. The van der Waals surface area contributed by atoms with Gasteiger partial charge in [-0.2, -0.15) is 16.1 Å². The first-order chi connectivity index (χ1) is 12.0. The summed E-state index contributed by atoms with van der Waals surface area (Å²) < 4.78 is 28.1. The van der Waals surface area contributed by atoms with E-state index < -0.39 is 10.0 Å². The van der Waals surface area contributed by atoms with Gasteiger partial charge in [-0.05, 0) is 57.2 Å². The van der Waals surface area contributed by atoms with Crippen LogP contribution in [0.1, 0.15) is 36.5 Å². The predicted octanol–water partition coefficient (Wildman–Crippen LogP) is 2.48. The minimum absolute atomic E-state index is 0.0167. The molecule has 0 N–H and O–H groups in total. The second-order valence-corrected chi connectivity index (χ2v) is 9.83. The van der Waals surface area contributed by atoms with Gasteiger partial charge >= 0.3 is 0 Å². The zero-order valence-electron chi connectivity index (χ0n) is 14.7. The molecule has 0 spiro atoms. The van der Waals surface area contributed by atoms with E-state index in [0.29, 0.717) is 12.1 Å². The smallest absolute Gasteiger partial charge is 0.243 e. The van der Waals surface area contributed by atoms with Crippen molar-refractivity contribution < 1.29 is 13.2 Å². The van der Waals surface area contributed by atoms with Crippen molar-refractivity contribution in [1.29, 1.82) is 0 Å². The SMILES string of the molecule is CC(=O)c1ccc(S(=O)(=O)N2CCCSCC2CN2CCCC2)cc1. The van der Waals surface area contributed by atoms with Gasteiger partial charge in [0.05, 0.1) is 4.90 Å². The molecule has 1 unspecified atom stereocenters. The molecule has 0 radical (unpaired) electrons. The number of nitrogens with zero attached hydrogens (tertiary/aromatic N) is 2. The third-order valence-electron chi connectivity index (χ3n) is 4.92. The molecule has 1 atom stereocenters. The Labute approximate surface area is 154 Å². The van der Waals surface area contributed by atoms with Crippen LogP contribution in [0.5, 0.6) is 0 Å². The van der Waals surface area contributed by atoms with Gasteiger partial charge in [0.25, 0.3) is 0 Å². The summed E-state index contributed by atoms with van der Waals surface area (Å²) in [5.74, 6) is 1.80. The van der Waals surface area contributed by atoms with Crippen LogP contribution in [0.15, 0.2) is 29.2 Å². The van der Waals surface area contributed by atoms with Crippen LogP contribution in [0, 0.1) is 0 Å². The van der Waals surface area contributed by atoms with E-state index in [1.165, 1.54) is 19.8 Å². The third kappa shape index (κ3) is 4.45. The van der Waals surface area contributed by atoms with Crippen LogP contribution < -0.4 is 0 Å². The van der Waals surface area contributed by atoms with Gasteiger partial charge in [-0.3, -0.25) is 4.79 Å². The number of carbonyl (C=O) groups excluding carboxylic acids is 1. The Hall–Kier alpha value is -0.890. The van der Waals surface area contributed by atoms with Crippen LogP contribution in [0.2, 0.25) is 0 Å². The van der Waals surface area contributed by atoms with Gasteiger partial charge in [-0.25, -0.2) is 8.42 Å². The van der Waals surface area contributed by atoms with Crippen LogP contribution in [0.3, 0.4) is 0 Å². The van der Waals surface area contributed by atoms with E-state index >= 15 is 0 Å². The first-order valence-corrected chi connectivity index (χ1v) is 11.5. The van der Waals surface area contributed by atoms with Crippen molar-refractivity contribution in [2.75, 3.05) is 37.7 Å². The van der Waals surface area contributed by atoms with E-state index in [2.05, 4.69) is 4.90 Å². The van der Waals surface area contributed by atoms with Crippen LogP contribution in [-0.4, -0.2) is 67.1 Å². The first kappa shape index (κ1) is 18.9. The summed E-state index contributed by atoms with van der Waals surface area (Å²) in [5, 5.41) is 0. The summed E-state index contributed by atoms with van der Waals surface area (Å²) in [6.07, 6.45) is 3.30. The number of Topliss-reactive ketones (excluding diaryl/α,β-unsaturated/α-hetero) is 1. The Kier molecular flexibility index (Phi) is 6.20. The Morgan fingerprint density at radius 3 is 2.44 bits per heavy atom. The van der Waals surface area contributed by atoms with E-state index in [1.54, 1.807) is 28.6 Å². The van der Waals surface area contributed by atoms with Crippen LogP contribution in [0.4, 0.5) is 0 Å². The van der Waals surface area contributed by atoms with E-state index in [0.717, 1.165) is 37.6 Å². The van der Waals surface area contributed by atoms with Gasteiger partial charge in [0.1, 0.15) is 0 Å². The number of sulfonamides is 1. The van der Waals surface area contributed by atoms with Crippen molar-refractivity contribution >= 4 is 27.6 Å². The fourth-order valence-corrected chi connectivity index (χ4v) is 6.33. The van der Waals surface area contributed by atoms with Crippen molar-refractivity contribution in [3.63, 3.8) is 0 Å². The van der Waals surface area contributed by atoms with Crippen molar-refractivity contribution in [1.82, 2.24) is 9.21 Å². The minimum atomic E-state index is -3.54. The third-order valence-corrected chi connectivity index (χ3v) is 8.08. The number of benzene rings is 1. The van der Waals surface area contributed by atoms with E-state index in [9.17, 15) is 13.2 Å². The summed E-state index contributed by atoms with van der Waals surface area (Å²) in [7, 11) is -3.54. The maximum absolute atomic E-state index is 13.2. The lowest BCUT2D eigenvalue weighted by molar-refractivity contribution is 0.101. The Morgan fingerprint density at radius 1 is 1.12 bits per heavy atom. The molecule has 25 heavy (non-hydrogen) atoms. The molecule has 2 aliphatic rings. The fourth-order valence-electron chi connectivity index (χ4n) is 3.53. The highest BCUT2D eigenvalue weighted by atomic mass is 32.2. The maximum Gasteiger partial charge on any atom is 0.243 e. The summed E-state index contributed by atoms with van der Waals surface area (Å²) in [6.45, 7) is 5.02. The number of rotatable bonds is 5. The molecule has 3 rings (SSSR count). The molecular weight excluding hydrogens is 356 g/mol. The molecule has 2 fully saturated rings. The number of likely N-dealkylation sites (tertiary alicyclic amines) is 1. The summed E-state index contributed by atoms with van der Waals surface area (Å²) >= 11 is 1.85. The zero-order valence-corrected chi connectivity index (χ0v) is 16.3. The molecule has 5 nitrogen and oxygen atoms in total. The van der Waals surface area contributed by atoms with Crippen molar-refractivity contribution in [3.8, 4) is 0 Å². The van der Waals surface area contributed by atoms with Gasteiger partial charge in [-0.1, -0.05) is 12.1 Å². The highest BCUT2D eigenvalue weighted by molar-refractivity contribution is 7.99. The molecule has 7 heteroatoms. The summed E-state index contributed by atoms with van der Waals surface area (Å²) in [4.78, 5) is 14.1. The molecule has 0 amide bonds. The van der Waals surface area contributed by atoms with Crippen LogP contribution in [-0.2, 0) is 10.0 Å². The number of hydrogen-bond acceptors (Lipinski definition) is 5. The van der Waals surface area contributed by atoms with E-state index in [4.69, 9.17) is 0 Å². The molecule has 138 valence electrons. The largest absolute Gasteiger partial charge is 0.302 e. The van der Waals surface area contributed by atoms with Crippen LogP contribution in [0.25, 0.3) is 0 Å². The number of thioether (sulfide) groups is 1. The van der Waals surface area contributed by atoms with Gasteiger partial charge in [0.2, 0.25) is 10.0 Å². The lowest BCUT2D eigenvalue weighted by Gasteiger charge is -2.31. The van der Waals surface area contributed by atoms with Crippen molar-refractivity contribution in [2.45, 2.75) is 37.1 Å². The maximum atomic E-state index is 13.2. The number of ketones is 1. The average molecular weight is 383 g/mol. The van der Waals surface area contributed by atoms with E-state index in [1.807, 2.05) is 11.8 Å². The molecule has 2 heterocycles. The first-order valence-electron chi connectivity index (χ1n) is 8.91. The van der Waals surface area contributed by atoms with Gasteiger partial charge in [-0.15, -0.1) is 0 Å². The van der Waals surface area contributed by atoms with Crippen LogP contribution >= 0.6 is 11.8 Å². The molecule has 1 aromatic carbocycles. The Morgan fingerprint density at radius 2 is 1.80 bits per heavy atom. The Balaban J connectivity index is 1.84. The van der Waals surface area contributed by atoms with Gasteiger partial charge < -0.3 is 4.90 Å². The number of hydrogen-bond donors (Lipinski definition) is 0. The fraction of sp³-hybridized carbons (Fsp3) is 0.611. The number of carbonyl (C=O) groups is 1. The average Bonchev–Trinajstić information content (AvgIpc) is 2.98. The predicted molar refractivity (Wildman–Crippen MR) is 102 cm³/mol. The summed E-state index contributed by atoms with van der Waals surface area (Å²) in [5.41, 5.74) is 0.541. The highest BCUT2D eigenvalue weighted by Crippen LogP contribution is 2.26. The van der Waals surface area contributed by atoms with Gasteiger partial charge in [0, 0.05) is 30.4 Å². The molecule has 0 bridgehead atoms. The second kappa shape index (κ2) is 8.20. The van der Waals surface area contributed by atoms with E-state index in [-0.39, 0.29) is 16.7 Å².